The second-order valence-corrected chi connectivity index (χ2v) is 6.62. The Bertz CT molecular complexity index is 964. The van der Waals surface area contributed by atoms with Crippen LogP contribution in [0.15, 0.2) is 15.7 Å². The lowest BCUT2D eigenvalue weighted by Gasteiger charge is -2.20. The average Bonchev–Trinajstić information content (AvgIpc) is 2.91. The number of carbonyl (C=O) groups excluding carboxylic acids is 1. The van der Waals surface area contributed by atoms with Crippen LogP contribution in [0.4, 0.5) is 0 Å². The zero-order valence-electron chi connectivity index (χ0n) is 15.3. The van der Waals surface area contributed by atoms with Gasteiger partial charge in [0.15, 0.2) is 0 Å². The van der Waals surface area contributed by atoms with Gasteiger partial charge in [0.2, 0.25) is 0 Å². The Balaban J connectivity index is 2.02. The van der Waals surface area contributed by atoms with Crippen molar-refractivity contribution in [3.8, 4) is 0 Å². The number of H-pyrrole nitrogens is 1. The Labute approximate surface area is 150 Å². The molecule has 1 amide bonds. The molecule has 3 rings (SSSR count). The first kappa shape index (κ1) is 18.3. The van der Waals surface area contributed by atoms with Crippen LogP contribution >= 0.6 is 0 Å². The van der Waals surface area contributed by atoms with Gasteiger partial charge in [-0.1, -0.05) is 0 Å². The van der Waals surface area contributed by atoms with E-state index in [1.54, 1.807) is 13.0 Å². The van der Waals surface area contributed by atoms with E-state index in [0.29, 0.717) is 18.8 Å². The summed E-state index contributed by atoms with van der Waals surface area (Å²) in [5, 5.41) is 3.07. The first-order valence-electron chi connectivity index (χ1n) is 8.53. The fraction of sp³-hybridized carbons (Fsp3) is 0.529. The number of carbonyl (C=O) groups is 1. The van der Waals surface area contributed by atoms with Gasteiger partial charge in [-0.15, -0.1) is 0 Å². The van der Waals surface area contributed by atoms with Gasteiger partial charge >= 0.3 is 5.69 Å². The molecule has 0 aliphatic carbocycles. The third kappa shape index (κ3) is 3.27. The molecule has 2 aromatic heterocycles. The molecule has 2 atom stereocenters. The van der Waals surface area contributed by atoms with E-state index in [2.05, 4.69) is 20.2 Å². The third-order valence-electron chi connectivity index (χ3n) is 4.59. The Morgan fingerprint density at radius 2 is 2.12 bits per heavy atom. The second-order valence-electron chi connectivity index (χ2n) is 6.62. The number of aromatic amines is 1. The molecule has 9 nitrogen and oxygen atoms in total. The van der Waals surface area contributed by atoms with Gasteiger partial charge in [-0.05, 0) is 27.0 Å². The molecule has 1 aliphatic heterocycles. The fourth-order valence-electron chi connectivity index (χ4n) is 3.37. The molecule has 2 N–H and O–H groups in total. The van der Waals surface area contributed by atoms with E-state index in [1.165, 1.54) is 11.6 Å². The van der Waals surface area contributed by atoms with E-state index in [-0.39, 0.29) is 34.6 Å². The van der Waals surface area contributed by atoms with Crippen molar-refractivity contribution in [3.05, 3.63) is 38.2 Å². The van der Waals surface area contributed by atoms with Gasteiger partial charge in [-0.3, -0.25) is 19.1 Å². The van der Waals surface area contributed by atoms with E-state index >= 15 is 0 Å². The molecule has 9 heteroatoms. The summed E-state index contributed by atoms with van der Waals surface area (Å²) < 4.78 is 6.94. The number of ether oxygens (including phenoxy) is 1. The third-order valence-corrected chi connectivity index (χ3v) is 4.59. The van der Waals surface area contributed by atoms with Crippen LogP contribution in [0.2, 0.25) is 0 Å². The van der Waals surface area contributed by atoms with Gasteiger partial charge in [-0.2, -0.15) is 0 Å². The van der Waals surface area contributed by atoms with Crippen LogP contribution in [0.1, 0.15) is 23.0 Å². The monoisotopic (exact) mass is 361 g/mol. The van der Waals surface area contributed by atoms with Crippen molar-refractivity contribution < 1.29 is 9.53 Å². The van der Waals surface area contributed by atoms with Crippen molar-refractivity contribution in [2.45, 2.75) is 26.0 Å². The molecule has 0 spiro atoms. The van der Waals surface area contributed by atoms with Crippen LogP contribution in [0.25, 0.3) is 11.0 Å². The molecule has 0 radical (unpaired) electrons. The average molecular weight is 361 g/mol. The largest absolute Gasteiger partial charge is 0.375 e. The summed E-state index contributed by atoms with van der Waals surface area (Å²) in [6.45, 7) is 5.58. The normalized spacial score (nSPS) is 20.6. The van der Waals surface area contributed by atoms with Gasteiger partial charge in [0, 0.05) is 32.4 Å². The van der Waals surface area contributed by atoms with E-state index in [4.69, 9.17) is 4.74 Å². The van der Waals surface area contributed by atoms with Crippen LogP contribution in [-0.4, -0.2) is 64.2 Å². The number of pyridine rings is 1. The number of hydrogen-bond donors (Lipinski definition) is 2. The molecule has 26 heavy (non-hydrogen) atoms. The molecule has 2 aromatic rings. The number of amides is 1. The second kappa shape index (κ2) is 7.00. The number of likely N-dealkylation sites (N-methyl/N-ethyl adjacent to an activating group) is 1. The number of nitrogens with one attached hydrogen (secondary N) is 2. The smallest absolute Gasteiger partial charge is 0.329 e. The SMILES string of the molecule is CCO[C@H]1CN(C)C[C@@H]1NC(=O)c1cc(C)nc2c1c(=O)[nH]c(=O)n2C. The summed E-state index contributed by atoms with van der Waals surface area (Å²) in [4.78, 5) is 45.6. The quantitative estimate of drug-likeness (QED) is 0.751. The molecule has 0 saturated carbocycles. The van der Waals surface area contributed by atoms with Gasteiger partial charge in [-0.25, -0.2) is 9.78 Å². The van der Waals surface area contributed by atoms with Crippen molar-refractivity contribution in [2.24, 2.45) is 7.05 Å². The topological polar surface area (TPSA) is 109 Å². The van der Waals surface area contributed by atoms with Crippen LogP contribution in [0.3, 0.4) is 0 Å². The fourth-order valence-corrected chi connectivity index (χ4v) is 3.37. The van der Waals surface area contributed by atoms with Crippen LogP contribution in [0, 0.1) is 6.92 Å². The van der Waals surface area contributed by atoms with Crippen molar-refractivity contribution in [1.82, 2.24) is 24.8 Å². The van der Waals surface area contributed by atoms with Crippen molar-refractivity contribution in [2.75, 3.05) is 26.7 Å². The Morgan fingerprint density at radius 1 is 1.38 bits per heavy atom. The summed E-state index contributed by atoms with van der Waals surface area (Å²) in [7, 11) is 3.47. The van der Waals surface area contributed by atoms with E-state index in [1.807, 2.05) is 14.0 Å². The van der Waals surface area contributed by atoms with Gasteiger partial charge in [0.1, 0.15) is 5.65 Å². The molecule has 0 unspecified atom stereocenters. The van der Waals surface area contributed by atoms with E-state index in [9.17, 15) is 14.4 Å². The molecule has 1 fully saturated rings. The molecule has 3 heterocycles. The highest BCUT2D eigenvalue weighted by atomic mass is 16.5. The highest BCUT2D eigenvalue weighted by Crippen LogP contribution is 2.16. The number of likely N-dealkylation sites (tertiary alicyclic amines) is 1. The van der Waals surface area contributed by atoms with Crippen molar-refractivity contribution in [3.63, 3.8) is 0 Å². The van der Waals surface area contributed by atoms with Crippen molar-refractivity contribution in [1.29, 1.82) is 0 Å². The summed E-state index contributed by atoms with van der Waals surface area (Å²) in [6, 6.07) is 1.38. The number of hydrogen-bond acceptors (Lipinski definition) is 6. The highest BCUT2D eigenvalue weighted by molar-refractivity contribution is 6.05. The lowest BCUT2D eigenvalue weighted by atomic mass is 10.1. The molecule has 0 bridgehead atoms. The molecular formula is C17H23N5O4. The lowest BCUT2D eigenvalue weighted by Crippen LogP contribution is -2.44. The summed E-state index contributed by atoms with van der Waals surface area (Å²) in [5.74, 6) is -0.380. The van der Waals surface area contributed by atoms with Crippen LogP contribution in [-0.2, 0) is 11.8 Å². The Hall–Kier alpha value is -2.52. The number of fused-ring (bicyclic) bond motifs is 1. The summed E-state index contributed by atoms with van der Waals surface area (Å²) in [6.07, 6.45) is -0.106. The molecular weight excluding hydrogens is 338 g/mol. The summed E-state index contributed by atoms with van der Waals surface area (Å²) in [5.41, 5.74) is -0.248. The highest BCUT2D eigenvalue weighted by Gasteiger charge is 2.33. The first-order chi connectivity index (χ1) is 12.3. The van der Waals surface area contributed by atoms with E-state index < -0.39 is 11.2 Å². The molecule has 0 aromatic carbocycles. The van der Waals surface area contributed by atoms with Gasteiger partial charge < -0.3 is 15.0 Å². The molecule has 1 aliphatic rings. The maximum atomic E-state index is 12.9. The first-order valence-corrected chi connectivity index (χ1v) is 8.53. The number of nitrogens with zero attached hydrogens (tertiary/aromatic N) is 3. The zero-order chi connectivity index (χ0) is 19.0. The van der Waals surface area contributed by atoms with Crippen LogP contribution < -0.4 is 16.6 Å². The molecule has 140 valence electrons. The number of aryl methyl sites for hydroxylation is 2. The van der Waals surface area contributed by atoms with E-state index in [0.717, 1.165) is 6.54 Å². The lowest BCUT2D eigenvalue weighted by molar-refractivity contribution is 0.0513. The number of aromatic nitrogens is 3. The van der Waals surface area contributed by atoms with Gasteiger partial charge in [0.05, 0.1) is 23.1 Å². The minimum absolute atomic E-state index is 0.106. The standard InChI is InChI=1S/C17H23N5O4/c1-5-26-12-8-21(3)7-11(12)19-15(23)10-6-9(2)18-14-13(10)16(24)20-17(25)22(14)4/h6,11-12H,5,7-8H2,1-4H3,(H,19,23)(H,20,24,25)/t11-,12-/m0/s1. The number of rotatable bonds is 4. The zero-order valence-corrected chi connectivity index (χ0v) is 15.3. The Kier molecular flexibility index (Phi) is 4.92. The predicted octanol–water partition coefficient (Wildman–Crippen LogP) is -0.621. The molecule has 1 saturated heterocycles. The minimum Gasteiger partial charge on any atom is -0.375 e. The maximum Gasteiger partial charge on any atom is 0.329 e. The minimum atomic E-state index is -0.620. The van der Waals surface area contributed by atoms with Crippen LogP contribution in [0.5, 0.6) is 0 Å². The maximum absolute atomic E-state index is 12.9. The van der Waals surface area contributed by atoms with Crippen molar-refractivity contribution >= 4 is 16.9 Å². The van der Waals surface area contributed by atoms with Gasteiger partial charge in [0.25, 0.3) is 11.5 Å². The summed E-state index contributed by atoms with van der Waals surface area (Å²) >= 11 is 0. The predicted molar refractivity (Wildman–Crippen MR) is 96.5 cm³/mol. The Morgan fingerprint density at radius 3 is 2.81 bits per heavy atom.